The van der Waals surface area contributed by atoms with E-state index in [2.05, 4.69) is 33.9 Å². The van der Waals surface area contributed by atoms with Crippen LogP contribution >= 0.6 is 28.6 Å². The van der Waals surface area contributed by atoms with Crippen LogP contribution in [-0.2, 0) is 10.5 Å². The van der Waals surface area contributed by atoms with E-state index in [9.17, 15) is 4.79 Å². The SMILES string of the molecule is CC(C)(C)OC(=O)Nc1cc(Br)ccc1CS. The molecular weight excluding hydrogens is 302 g/mol. The highest BCUT2D eigenvalue weighted by molar-refractivity contribution is 9.10. The van der Waals surface area contributed by atoms with Gasteiger partial charge in [0, 0.05) is 15.9 Å². The van der Waals surface area contributed by atoms with Gasteiger partial charge in [0.25, 0.3) is 0 Å². The van der Waals surface area contributed by atoms with Gasteiger partial charge in [0.2, 0.25) is 0 Å². The molecule has 17 heavy (non-hydrogen) atoms. The van der Waals surface area contributed by atoms with E-state index in [0.29, 0.717) is 11.4 Å². The van der Waals surface area contributed by atoms with Crippen LogP contribution in [0.3, 0.4) is 0 Å². The second kappa shape index (κ2) is 5.78. The van der Waals surface area contributed by atoms with Crippen molar-refractivity contribution in [1.82, 2.24) is 0 Å². The van der Waals surface area contributed by atoms with E-state index < -0.39 is 11.7 Å². The Bertz CT molecular complexity index is 415. The van der Waals surface area contributed by atoms with E-state index in [1.807, 2.05) is 39.0 Å². The second-order valence-electron chi connectivity index (χ2n) is 4.59. The second-order valence-corrected chi connectivity index (χ2v) is 5.82. The van der Waals surface area contributed by atoms with Crippen LogP contribution in [0.5, 0.6) is 0 Å². The Morgan fingerprint density at radius 3 is 2.65 bits per heavy atom. The van der Waals surface area contributed by atoms with Crippen LogP contribution in [0, 0.1) is 0 Å². The molecule has 1 amide bonds. The van der Waals surface area contributed by atoms with Gasteiger partial charge < -0.3 is 4.74 Å². The normalized spacial score (nSPS) is 11.1. The van der Waals surface area contributed by atoms with Gasteiger partial charge in [-0.05, 0) is 38.5 Å². The molecule has 0 atom stereocenters. The summed E-state index contributed by atoms with van der Waals surface area (Å²) in [6, 6.07) is 5.64. The summed E-state index contributed by atoms with van der Waals surface area (Å²) in [5.41, 5.74) is 1.16. The molecule has 1 rings (SSSR count). The van der Waals surface area contributed by atoms with E-state index in [1.165, 1.54) is 0 Å². The lowest BCUT2D eigenvalue weighted by molar-refractivity contribution is 0.0636. The molecule has 5 heteroatoms. The van der Waals surface area contributed by atoms with E-state index in [4.69, 9.17) is 4.74 Å². The molecule has 0 unspecified atom stereocenters. The summed E-state index contributed by atoms with van der Waals surface area (Å²) in [5, 5.41) is 2.72. The number of carbonyl (C=O) groups is 1. The summed E-state index contributed by atoms with van der Waals surface area (Å²) in [6.45, 7) is 5.48. The molecule has 0 bridgehead atoms. The monoisotopic (exact) mass is 317 g/mol. The predicted molar refractivity (Wildman–Crippen MR) is 76.7 cm³/mol. The number of anilines is 1. The number of thiol groups is 1. The third-order valence-electron chi connectivity index (χ3n) is 1.88. The topological polar surface area (TPSA) is 38.3 Å². The summed E-state index contributed by atoms with van der Waals surface area (Å²) in [6.07, 6.45) is -0.460. The molecular formula is C12H16BrNO2S. The highest BCUT2D eigenvalue weighted by Crippen LogP contribution is 2.23. The maximum Gasteiger partial charge on any atom is 0.412 e. The Morgan fingerprint density at radius 1 is 1.47 bits per heavy atom. The number of hydrogen-bond acceptors (Lipinski definition) is 3. The molecule has 0 aliphatic carbocycles. The molecule has 0 radical (unpaired) electrons. The Hall–Kier alpha value is -0.680. The molecule has 0 heterocycles. The van der Waals surface area contributed by atoms with Crippen molar-refractivity contribution in [2.75, 3.05) is 5.32 Å². The minimum atomic E-state index is -0.503. The third kappa shape index (κ3) is 5.00. The van der Waals surface area contributed by atoms with Crippen LogP contribution < -0.4 is 5.32 Å². The maximum absolute atomic E-state index is 11.6. The quantitative estimate of drug-likeness (QED) is 0.801. The largest absolute Gasteiger partial charge is 0.444 e. The van der Waals surface area contributed by atoms with Crippen molar-refractivity contribution in [3.05, 3.63) is 28.2 Å². The first kappa shape index (κ1) is 14.4. The first-order valence-corrected chi connectivity index (χ1v) is 6.63. The zero-order chi connectivity index (χ0) is 13.1. The standard InChI is InChI=1S/C12H16BrNO2S/c1-12(2,3)16-11(15)14-10-6-9(13)5-4-8(10)7-17/h4-6,17H,7H2,1-3H3,(H,14,15). The summed E-state index contributed by atoms with van der Waals surface area (Å²) in [7, 11) is 0. The molecule has 3 nitrogen and oxygen atoms in total. The van der Waals surface area contributed by atoms with Gasteiger partial charge >= 0.3 is 6.09 Å². The lowest BCUT2D eigenvalue weighted by Gasteiger charge is -2.20. The van der Waals surface area contributed by atoms with E-state index in [1.54, 1.807) is 0 Å². The molecule has 0 spiro atoms. The van der Waals surface area contributed by atoms with Gasteiger partial charge in [-0.25, -0.2) is 4.79 Å². The molecule has 0 saturated carbocycles. The van der Waals surface area contributed by atoms with Gasteiger partial charge in [-0.3, -0.25) is 5.32 Å². The van der Waals surface area contributed by atoms with Crippen molar-refractivity contribution in [1.29, 1.82) is 0 Å². The van der Waals surface area contributed by atoms with Gasteiger partial charge in [0.15, 0.2) is 0 Å². The predicted octanol–water partition coefficient (Wildman–Crippen LogP) is 4.23. The molecule has 0 saturated heterocycles. The first-order valence-electron chi connectivity index (χ1n) is 5.21. The van der Waals surface area contributed by atoms with Gasteiger partial charge in [-0.1, -0.05) is 22.0 Å². The zero-order valence-corrected chi connectivity index (χ0v) is 12.6. The van der Waals surface area contributed by atoms with Crippen molar-refractivity contribution >= 4 is 40.3 Å². The number of nitrogens with one attached hydrogen (secondary N) is 1. The van der Waals surface area contributed by atoms with Crippen LogP contribution in [0.4, 0.5) is 10.5 Å². The number of rotatable bonds is 2. The first-order chi connectivity index (χ1) is 7.81. The van der Waals surface area contributed by atoms with Gasteiger partial charge in [-0.15, -0.1) is 0 Å². The van der Waals surface area contributed by atoms with Crippen LogP contribution in [0.25, 0.3) is 0 Å². The fourth-order valence-corrected chi connectivity index (χ4v) is 1.85. The molecule has 0 aliphatic rings. The Balaban J connectivity index is 2.80. The molecule has 0 aromatic heterocycles. The Labute approximate surface area is 115 Å². The van der Waals surface area contributed by atoms with Crippen LogP contribution in [0.2, 0.25) is 0 Å². The lowest BCUT2D eigenvalue weighted by Crippen LogP contribution is -2.27. The number of halogens is 1. The molecule has 1 N–H and O–H groups in total. The van der Waals surface area contributed by atoms with E-state index in [-0.39, 0.29) is 0 Å². The molecule has 1 aromatic carbocycles. The van der Waals surface area contributed by atoms with Crippen molar-refractivity contribution in [3.63, 3.8) is 0 Å². The van der Waals surface area contributed by atoms with Crippen LogP contribution in [-0.4, -0.2) is 11.7 Å². The Kier molecular flexibility index (Phi) is 4.89. The highest BCUT2D eigenvalue weighted by Gasteiger charge is 2.17. The number of ether oxygens (including phenoxy) is 1. The molecule has 94 valence electrons. The zero-order valence-electron chi connectivity index (χ0n) is 10.1. The molecule has 1 aromatic rings. The summed E-state index contributed by atoms with van der Waals surface area (Å²) >= 11 is 7.58. The number of carbonyl (C=O) groups excluding carboxylic acids is 1. The van der Waals surface area contributed by atoms with E-state index >= 15 is 0 Å². The third-order valence-corrected chi connectivity index (χ3v) is 2.71. The van der Waals surface area contributed by atoms with Crippen LogP contribution in [0.15, 0.2) is 22.7 Å². The minimum absolute atomic E-state index is 0.460. The minimum Gasteiger partial charge on any atom is -0.444 e. The molecule has 0 fully saturated rings. The smallest absolute Gasteiger partial charge is 0.412 e. The summed E-state index contributed by atoms with van der Waals surface area (Å²) in [4.78, 5) is 11.6. The average molecular weight is 318 g/mol. The van der Waals surface area contributed by atoms with E-state index in [0.717, 1.165) is 10.0 Å². The van der Waals surface area contributed by atoms with Crippen LogP contribution in [0.1, 0.15) is 26.3 Å². The van der Waals surface area contributed by atoms with Gasteiger partial charge in [-0.2, -0.15) is 12.6 Å². The van der Waals surface area contributed by atoms with Crippen molar-refractivity contribution < 1.29 is 9.53 Å². The fourth-order valence-electron chi connectivity index (χ4n) is 1.22. The fraction of sp³-hybridized carbons (Fsp3) is 0.417. The van der Waals surface area contributed by atoms with Gasteiger partial charge in [0.1, 0.15) is 5.60 Å². The van der Waals surface area contributed by atoms with Crippen molar-refractivity contribution in [2.24, 2.45) is 0 Å². The van der Waals surface area contributed by atoms with Gasteiger partial charge in [0.05, 0.1) is 0 Å². The van der Waals surface area contributed by atoms with Crippen molar-refractivity contribution in [3.8, 4) is 0 Å². The summed E-state index contributed by atoms with van der Waals surface area (Å²) < 4.78 is 6.09. The number of amides is 1. The lowest BCUT2D eigenvalue weighted by atomic mass is 10.2. The summed E-state index contributed by atoms with van der Waals surface area (Å²) in [5.74, 6) is 0.554. The highest BCUT2D eigenvalue weighted by atomic mass is 79.9. The average Bonchev–Trinajstić information content (AvgIpc) is 2.14. The number of benzene rings is 1. The maximum atomic E-state index is 11.6. The van der Waals surface area contributed by atoms with Crippen molar-refractivity contribution in [2.45, 2.75) is 32.1 Å². The molecule has 0 aliphatic heterocycles. The number of hydrogen-bond donors (Lipinski definition) is 2. The Morgan fingerprint density at radius 2 is 2.12 bits per heavy atom.